The molecule has 3 atom stereocenters. The van der Waals surface area contributed by atoms with Gasteiger partial charge in [0.15, 0.2) is 0 Å². The number of fused-ring (bicyclic) bond motifs is 6. The van der Waals surface area contributed by atoms with Gasteiger partial charge in [-0.25, -0.2) is 0 Å². The quantitative estimate of drug-likeness (QED) is 0.0757. The lowest BCUT2D eigenvalue weighted by Gasteiger charge is -2.36. The van der Waals surface area contributed by atoms with Crippen molar-refractivity contribution in [2.24, 2.45) is 11.8 Å². The van der Waals surface area contributed by atoms with Gasteiger partial charge in [0.05, 0.1) is 17.6 Å². The minimum atomic E-state index is -0.395. The molecule has 94 heavy (non-hydrogen) atoms. The molecule has 0 bridgehead atoms. The van der Waals surface area contributed by atoms with E-state index in [-0.39, 0.29) is 5.41 Å². The van der Waals surface area contributed by atoms with Gasteiger partial charge in [-0.15, -0.1) is 0 Å². The highest BCUT2D eigenvalue weighted by atomic mass is 16.5. The Morgan fingerprint density at radius 2 is 0.840 bits per heavy atom. The zero-order valence-electron chi connectivity index (χ0n) is 54.7. The highest BCUT2D eigenvalue weighted by molar-refractivity contribution is 6.12. The lowest BCUT2D eigenvalue weighted by atomic mass is 9.67. The van der Waals surface area contributed by atoms with Gasteiger partial charge in [-0.3, -0.25) is 0 Å². The zero-order chi connectivity index (χ0) is 64.5. The fourth-order valence-corrected chi connectivity index (χ4v) is 14.4. The maximum Gasteiger partial charge on any atom is 0.119 e. The van der Waals surface area contributed by atoms with E-state index < -0.39 is 5.41 Å². The summed E-state index contributed by atoms with van der Waals surface area (Å²) in [6.45, 7) is 24.2. The van der Waals surface area contributed by atoms with Crippen LogP contribution in [0.15, 0.2) is 299 Å². The van der Waals surface area contributed by atoms with Gasteiger partial charge in [0.1, 0.15) is 5.75 Å². The maximum atomic E-state index is 6.34. The van der Waals surface area contributed by atoms with Gasteiger partial charge in [-0.1, -0.05) is 273 Å². The summed E-state index contributed by atoms with van der Waals surface area (Å²) in [5, 5.41) is 2.40. The number of anilines is 3. The Hall–Kier alpha value is -10.7. The summed E-state index contributed by atoms with van der Waals surface area (Å²) in [7, 11) is 0. The number of hydrogen-bond acceptors (Lipinski definition) is 2. The van der Waals surface area contributed by atoms with Crippen molar-refractivity contribution < 1.29 is 4.74 Å². The van der Waals surface area contributed by atoms with E-state index in [1.54, 1.807) is 0 Å². The number of hydrogen-bond donors (Lipinski definition) is 0. The van der Waals surface area contributed by atoms with E-state index in [2.05, 4.69) is 331 Å². The molecule has 1 aliphatic carbocycles. The molecule has 3 unspecified atom stereocenters. The van der Waals surface area contributed by atoms with Gasteiger partial charge in [0, 0.05) is 38.9 Å². The summed E-state index contributed by atoms with van der Waals surface area (Å²) in [6.07, 6.45) is 8.77. The summed E-state index contributed by atoms with van der Waals surface area (Å²) in [5.41, 5.74) is 27.1. The average Bonchev–Trinajstić information content (AvgIpc) is 1.55. The lowest BCUT2D eigenvalue weighted by molar-refractivity contribution is 0.240. The van der Waals surface area contributed by atoms with E-state index in [4.69, 9.17) is 4.74 Å². The molecular weight excluding hydrogens is 1140 g/mol. The first-order chi connectivity index (χ1) is 45.8. The van der Waals surface area contributed by atoms with Gasteiger partial charge in [-0.2, -0.15) is 0 Å². The van der Waals surface area contributed by atoms with Gasteiger partial charge in [-0.05, 0) is 210 Å². The minimum absolute atomic E-state index is 0.0734. The lowest BCUT2D eigenvalue weighted by Crippen LogP contribution is -2.30. The fourth-order valence-electron chi connectivity index (χ4n) is 14.4. The van der Waals surface area contributed by atoms with Crippen molar-refractivity contribution in [2.45, 2.75) is 64.7 Å². The molecule has 3 nitrogen and oxygen atoms in total. The first-order valence-electron chi connectivity index (χ1n) is 33.3. The van der Waals surface area contributed by atoms with E-state index in [0.717, 1.165) is 86.6 Å². The van der Waals surface area contributed by atoms with E-state index in [1.165, 1.54) is 77.5 Å². The summed E-state index contributed by atoms with van der Waals surface area (Å²) < 4.78 is 8.76. The minimum Gasteiger partial charge on any atom is -0.493 e. The molecule has 13 aromatic rings. The second-order valence-corrected chi connectivity index (χ2v) is 26.9. The van der Waals surface area contributed by atoms with Crippen LogP contribution in [-0.4, -0.2) is 11.2 Å². The van der Waals surface area contributed by atoms with E-state index in [1.807, 2.05) is 30.4 Å². The van der Waals surface area contributed by atoms with Crippen LogP contribution in [0.1, 0.15) is 92.8 Å². The molecule has 0 spiro atoms. The second kappa shape index (κ2) is 25.7. The van der Waals surface area contributed by atoms with Crippen LogP contribution in [0, 0.1) is 11.8 Å². The molecule has 0 saturated carbocycles. The Labute approximate surface area is 556 Å². The summed E-state index contributed by atoms with van der Waals surface area (Å²) in [6, 6.07) is 104. The molecule has 12 aromatic carbocycles. The highest BCUT2D eigenvalue weighted by Gasteiger charge is 2.45. The van der Waals surface area contributed by atoms with Gasteiger partial charge < -0.3 is 14.2 Å². The first-order valence-corrected chi connectivity index (χ1v) is 33.3. The van der Waals surface area contributed by atoms with E-state index >= 15 is 0 Å². The number of ether oxygens (including phenoxy) is 1. The van der Waals surface area contributed by atoms with Gasteiger partial charge in [0.2, 0.25) is 0 Å². The van der Waals surface area contributed by atoms with Crippen molar-refractivity contribution in [1.29, 1.82) is 0 Å². The molecule has 0 radical (unpaired) electrons. The Morgan fingerprint density at radius 3 is 1.36 bits per heavy atom. The number of benzene rings is 12. The average molecular weight is 1220 g/mol. The number of rotatable bonds is 20. The number of aromatic nitrogens is 1. The molecule has 1 aliphatic rings. The molecule has 3 heteroatoms. The maximum absolute atomic E-state index is 6.34. The van der Waals surface area contributed by atoms with Crippen molar-refractivity contribution in [3.63, 3.8) is 0 Å². The van der Waals surface area contributed by atoms with Crippen molar-refractivity contribution in [2.75, 3.05) is 11.5 Å². The molecule has 0 aliphatic heterocycles. The Kier molecular flexibility index (Phi) is 16.7. The SMILES string of the molecule is C=Cc1ccc(OCC(C)CCC(C)CC2(c3ccccc3)c3ccccc3-c3ccc(N(c4ccc(-c5ccc(C(C)(C)C)cc5)cc4)c4ccc(-c5ccc6c(c5)c5cc(-c7ccc(C=C)cc7)ccc5n6-c5ccc(-c6ccc(C=C)cc6)cc5)cc4)cc32)cc1. The topological polar surface area (TPSA) is 17.4 Å². The summed E-state index contributed by atoms with van der Waals surface area (Å²) in [5.74, 6) is 1.70. The van der Waals surface area contributed by atoms with Crippen LogP contribution in [-0.2, 0) is 10.8 Å². The third kappa shape index (κ3) is 11.8. The standard InChI is InChI=1S/C91H80N2O/c1-9-64-23-29-67(30-24-64)69-37-49-79(50-38-69)93-88-55-41-73(71-31-25-65(10-2)26-32-71)57-84(88)85-58-74(42-56-89(85)93)72-39-47-78(48-40-72)92(77-45-35-70(36-46-77)68-33-43-75(44-34-68)90(6,7)8)80-51-54-83-82-19-15-16-20-86(82)91(87(83)59-80,76-17-13-12-14-18-76)60-62(4)21-22-63(5)61-94-81-52-27-66(11-3)28-53-81/h9-20,23-59,62-63H,1-3,21-22,60-61H2,4-8H3. The molecular formula is C91H80N2O. The monoisotopic (exact) mass is 1220 g/mol. The Bertz CT molecular complexity index is 4870. The predicted octanol–water partition coefficient (Wildman–Crippen LogP) is 25.0. The van der Waals surface area contributed by atoms with Crippen LogP contribution >= 0.6 is 0 Å². The Balaban J connectivity index is 0.848. The van der Waals surface area contributed by atoms with Gasteiger partial charge >= 0.3 is 0 Å². The van der Waals surface area contributed by atoms with Crippen LogP contribution in [0.4, 0.5) is 17.1 Å². The van der Waals surface area contributed by atoms with Crippen LogP contribution in [0.25, 0.3) is 101 Å². The van der Waals surface area contributed by atoms with Crippen LogP contribution < -0.4 is 9.64 Å². The summed E-state index contributed by atoms with van der Waals surface area (Å²) in [4.78, 5) is 2.47. The zero-order valence-corrected chi connectivity index (χ0v) is 54.7. The third-order valence-corrected chi connectivity index (χ3v) is 19.6. The Morgan fingerprint density at radius 1 is 0.415 bits per heavy atom. The molecule has 0 fully saturated rings. The summed E-state index contributed by atoms with van der Waals surface area (Å²) >= 11 is 0. The van der Waals surface area contributed by atoms with Crippen molar-refractivity contribution >= 4 is 57.1 Å². The van der Waals surface area contributed by atoms with Crippen LogP contribution in [0.3, 0.4) is 0 Å². The molecule has 0 saturated heterocycles. The largest absolute Gasteiger partial charge is 0.493 e. The first kappa shape index (κ1) is 60.8. The fraction of sp³-hybridized carbons (Fsp3) is 0.143. The smallest absolute Gasteiger partial charge is 0.119 e. The van der Waals surface area contributed by atoms with Crippen molar-refractivity contribution in [1.82, 2.24) is 4.57 Å². The van der Waals surface area contributed by atoms with E-state index in [0.29, 0.717) is 18.4 Å². The molecule has 0 amide bonds. The van der Waals surface area contributed by atoms with Gasteiger partial charge in [0.25, 0.3) is 0 Å². The van der Waals surface area contributed by atoms with Crippen molar-refractivity contribution in [3.8, 4) is 67.1 Å². The molecule has 0 N–H and O–H groups in total. The number of nitrogens with zero attached hydrogens (tertiary/aromatic N) is 2. The highest BCUT2D eigenvalue weighted by Crippen LogP contribution is 2.57. The second-order valence-electron chi connectivity index (χ2n) is 26.9. The van der Waals surface area contributed by atoms with Crippen molar-refractivity contribution in [3.05, 3.63) is 338 Å². The molecule has 1 heterocycles. The predicted molar refractivity (Wildman–Crippen MR) is 402 cm³/mol. The molecule has 14 rings (SSSR count). The third-order valence-electron chi connectivity index (χ3n) is 19.6. The van der Waals surface area contributed by atoms with Crippen LogP contribution in [0.5, 0.6) is 5.75 Å². The normalized spacial score (nSPS) is 14.1. The molecule has 460 valence electrons. The molecule has 1 aromatic heterocycles. The van der Waals surface area contributed by atoms with E-state index in [9.17, 15) is 0 Å². The van der Waals surface area contributed by atoms with Crippen LogP contribution in [0.2, 0.25) is 0 Å².